The summed E-state index contributed by atoms with van der Waals surface area (Å²) in [5.74, 6) is 0.0483. The first-order chi connectivity index (χ1) is 13.0. The van der Waals surface area contributed by atoms with Crippen LogP contribution in [0.15, 0.2) is 36.4 Å². The van der Waals surface area contributed by atoms with Crippen LogP contribution in [0, 0.1) is 13.8 Å². The quantitative estimate of drug-likeness (QED) is 0.852. The molecule has 1 aromatic heterocycles. The van der Waals surface area contributed by atoms with Crippen molar-refractivity contribution in [3.05, 3.63) is 53.3 Å². The highest BCUT2D eigenvalue weighted by molar-refractivity contribution is 5.94. The van der Waals surface area contributed by atoms with Crippen molar-refractivity contribution in [3.8, 4) is 0 Å². The van der Waals surface area contributed by atoms with E-state index < -0.39 is 0 Å². The molecule has 1 aromatic carbocycles. The molecule has 27 heavy (non-hydrogen) atoms. The van der Waals surface area contributed by atoms with Crippen molar-refractivity contribution in [1.82, 2.24) is 20.0 Å². The Morgan fingerprint density at radius 2 is 1.96 bits per heavy atom. The van der Waals surface area contributed by atoms with Crippen LogP contribution >= 0.6 is 0 Å². The van der Waals surface area contributed by atoms with Crippen LogP contribution < -0.4 is 5.32 Å². The van der Waals surface area contributed by atoms with Crippen molar-refractivity contribution in [3.63, 3.8) is 0 Å². The van der Waals surface area contributed by atoms with Gasteiger partial charge in [0.1, 0.15) is 6.54 Å². The van der Waals surface area contributed by atoms with E-state index in [9.17, 15) is 9.59 Å². The zero-order valence-electron chi connectivity index (χ0n) is 16.1. The number of amides is 2. The lowest BCUT2D eigenvalue weighted by atomic mass is 9.99. The number of likely N-dealkylation sites (tertiary alicyclic amines) is 1. The molecule has 0 bridgehead atoms. The average molecular weight is 368 g/mol. The molecule has 1 aliphatic rings. The van der Waals surface area contributed by atoms with Crippen LogP contribution in [0.3, 0.4) is 0 Å². The van der Waals surface area contributed by atoms with Gasteiger partial charge >= 0.3 is 0 Å². The van der Waals surface area contributed by atoms with Crippen molar-refractivity contribution in [2.75, 3.05) is 13.1 Å². The normalized spacial score (nSPS) is 17.0. The number of rotatable bonds is 6. The van der Waals surface area contributed by atoms with Crippen LogP contribution in [0.25, 0.3) is 0 Å². The molecule has 2 aromatic rings. The van der Waals surface area contributed by atoms with Crippen molar-refractivity contribution in [2.24, 2.45) is 0 Å². The molecule has 1 aliphatic heterocycles. The van der Waals surface area contributed by atoms with Crippen molar-refractivity contribution >= 4 is 11.8 Å². The van der Waals surface area contributed by atoms with Gasteiger partial charge in [0.05, 0.1) is 5.69 Å². The topological polar surface area (TPSA) is 67.2 Å². The lowest BCUT2D eigenvalue weighted by Crippen LogP contribution is -2.46. The average Bonchev–Trinajstić information content (AvgIpc) is 2.99. The van der Waals surface area contributed by atoms with E-state index in [0.29, 0.717) is 12.1 Å². The molecule has 1 fully saturated rings. The first-order valence-electron chi connectivity index (χ1n) is 9.68. The number of nitrogens with one attached hydrogen (secondary N) is 1. The summed E-state index contributed by atoms with van der Waals surface area (Å²) in [7, 11) is 0. The Kier molecular flexibility index (Phi) is 6.27. The van der Waals surface area contributed by atoms with Gasteiger partial charge in [0.2, 0.25) is 5.91 Å². The second-order valence-corrected chi connectivity index (χ2v) is 7.23. The molecule has 1 saturated heterocycles. The first kappa shape index (κ1) is 19.1. The smallest absolute Gasteiger partial charge is 0.251 e. The van der Waals surface area contributed by atoms with Gasteiger partial charge in [0.25, 0.3) is 5.91 Å². The molecule has 2 heterocycles. The van der Waals surface area contributed by atoms with Gasteiger partial charge in [-0.3, -0.25) is 14.3 Å². The Morgan fingerprint density at radius 1 is 1.19 bits per heavy atom. The van der Waals surface area contributed by atoms with Crippen LogP contribution in [-0.4, -0.2) is 45.6 Å². The number of carbonyl (C=O) groups excluding carboxylic acids is 2. The summed E-state index contributed by atoms with van der Waals surface area (Å²) in [5.41, 5.74) is 2.60. The van der Waals surface area contributed by atoms with Crippen molar-refractivity contribution in [1.29, 1.82) is 0 Å². The fourth-order valence-electron chi connectivity index (χ4n) is 3.73. The second kappa shape index (κ2) is 8.84. The maximum atomic E-state index is 12.8. The van der Waals surface area contributed by atoms with Gasteiger partial charge < -0.3 is 10.2 Å². The maximum Gasteiger partial charge on any atom is 0.251 e. The molecule has 0 aliphatic carbocycles. The first-order valence-corrected chi connectivity index (χ1v) is 9.68. The summed E-state index contributed by atoms with van der Waals surface area (Å²) in [4.78, 5) is 27.0. The highest BCUT2D eigenvalue weighted by Gasteiger charge is 2.27. The molecule has 3 rings (SSSR count). The molecule has 0 saturated carbocycles. The third-order valence-corrected chi connectivity index (χ3v) is 5.13. The summed E-state index contributed by atoms with van der Waals surface area (Å²) in [6.45, 7) is 5.55. The number of nitrogens with zero attached hydrogens (tertiary/aromatic N) is 3. The van der Waals surface area contributed by atoms with Gasteiger partial charge in [-0.15, -0.1) is 0 Å². The van der Waals surface area contributed by atoms with Gasteiger partial charge in [0, 0.05) is 30.4 Å². The lowest BCUT2D eigenvalue weighted by molar-refractivity contribution is -0.135. The highest BCUT2D eigenvalue weighted by atomic mass is 16.2. The van der Waals surface area contributed by atoms with E-state index in [1.54, 1.807) is 16.8 Å². The van der Waals surface area contributed by atoms with E-state index in [4.69, 9.17) is 0 Å². The van der Waals surface area contributed by atoms with E-state index in [1.807, 2.05) is 43.0 Å². The van der Waals surface area contributed by atoms with Gasteiger partial charge in [-0.25, -0.2) is 0 Å². The standard InChI is InChI=1S/C21H28N4O2/c1-16-14-17(2)25(23-16)15-20(26)24-13-7-6-10-19(24)11-12-22-21(27)18-8-4-3-5-9-18/h3-5,8-9,14,19H,6-7,10-13,15H2,1-2H3,(H,22,27). The fraction of sp³-hybridized carbons (Fsp3) is 0.476. The monoisotopic (exact) mass is 368 g/mol. The largest absolute Gasteiger partial charge is 0.352 e. The van der Waals surface area contributed by atoms with Crippen LogP contribution in [-0.2, 0) is 11.3 Å². The Labute approximate surface area is 160 Å². The Balaban J connectivity index is 1.54. The molecule has 2 amide bonds. The van der Waals surface area contributed by atoms with Gasteiger partial charge in [-0.05, 0) is 57.7 Å². The molecule has 144 valence electrons. The van der Waals surface area contributed by atoms with E-state index in [1.165, 1.54) is 0 Å². The van der Waals surface area contributed by atoms with E-state index in [0.717, 1.165) is 43.6 Å². The lowest BCUT2D eigenvalue weighted by Gasteiger charge is -2.36. The summed E-state index contributed by atoms with van der Waals surface area (Å²) >= 11 is 0. The highest BCUT2D eigenvalue weighted by Crippen LogP contribution is 2.20. The number of benzene rings is 1. The number of hydrogen-bond acceptors (Lipinski definition) is 3. The SMILES string of the molecule is Cc1cc(C)n(CC(=O)N2CCCCC2CCNC(=O)c2ccccc2)n1. The fourth-order valence-corrected chi connectivity index (χ4v) is 3.73. The van der Waals surface area contributed by atoms with Crippen LogP contribution in [0.4, 0.5) is 0 Å². The summed E-state index contributed by atoms with van der Waals surface area (Å²) in [6, 6.07) is 11.4. The summed E-state index contributed by atoms with van der Waals surface area (Å²) in [6.07, 6.45) is 3.93. The molecule has 6 heteroatoms. The zero-order chi connectivity index (χ0) is 19.2. The van der Waals surface area contributed by atoms with Gasteiger partial charge in [0.15, 0.2) is 0 Å². The maximum absolute atomic E-state index is 12.8. The molecular formula is C21H28N4O2. The number of hydrogen-bond donors (Lipinski definition) is 1. The predicted molar refractivity (Wildman–Crippen MR) is 104 cm³/mol. The Bertz CT molecular complexity index is 785. The zero-order valence-corrected chi connectivity index (χ0v) is 16.1. The Hall–Kier alpha value is -2.63. The van der Waals surface area contributed by atoms with E-state index >= 15 is 0 Å². The third kappa shape index (κ3) is 4.96. The third-order valence-electron chi connectivity index (χ3n) is 5.13. The molecular weight excluding hydrogens is 340 g/mol. The van der Waals surface area contributed by atoms with Gasteiger partial charge in [-0.2, -0.15) is 5.10 Å². The summed E-state index contributed by atoms with van der Waals surface area (Å²) < 4.78 is 1.78. The number of carbonyl (C=O) groups is 2. The minimum Gasteiger partial charge on any atom is -0.352 e. The molecule has 6 nitrogen and oxygen atoms in total. The number of aryl methyl sites for hydroxylation is 2. The number of piperidine rings is 1. The molecule has 1 N–H and O–H groups in total. The molecule has 1 atom stereocenters. The molecule has 0 spiro atoms. The van der Waals surface area contributed by atoms with Crippen molar-refractivity contribution in [2.45, 2.75) is 52.1 Å². The molecule has 0 radical (unpaired) electrons. The van der Waals surface area contributed by atoms with Gasteiger partial charge in [-0.1, -0.05) is 18.2 Å². The van der Waals surface area contributed by atoms with Crippen LogP contribution in [0.2, 0.25) is 0 Å². The van der Waals surface area contributed by atoms with Crippen LogP contribution in [0.1, 0.15) is 47.4 Å². The summed E-state index contributed by atoms with van der Waals surface area (Å²) in [5, 5.41) is 7.37. The number of aromatic nitrogens is 2. The minimum absolute atomic E-state index is 0.0630. The minimum atomic E-state index is -0.0630. The Morgan fingerprint density at radius 3 is 2.67 bits per heavy atom. The molecule has 1 unspecified atom stereocenters. The second-order valence-electron chi connectivity index (χ2n) is 7.23. The van der Waals surface area contributed by atoms with E-state index in [-0.39, 0.29) is 24.4 Å². The van der Waals surface area contributed by atoms with Crippen LogP contribution in [0.5, 0.6) is 0 Å². The van der Waals surface area contributed by atoms with Crippen molar-refractivity contribution < 1.29 is 9.59 Å². The predicted octanol–water partition coefficient (Wildman–Crippen LogP) is 2.70. The van der Waals surface area contributed by atoms with E-state index in [2.05, 4.69) is 10.4 Å².